The number of pyridine rings is 1. The van der Waals surface area contributed by atoms with Crippen LogP contribution in [0, 0.1) is 0 Å². The summed E-state index contributed by atoms with van der Waals surface area (Å²) in [7, 11) is 0. The van der Waals surface area contributed by atoms with Crippen molar-refractivity contribution in [1.29, 1.82) is 0 Å². The SMILES string of the molecule is O=C1CCN(C(=O)c2ccc(Br)cc2)c2cnccc2N1. The van der Waals surface area contributed by atoms with Crippen LogP contribution < -0.4 is 10.2 Å². The Morgan fingerprint density at radius 1 is 1.24 bits per heavy atom. The number of fused-ring (bicyclic) bond motifs is 1. The molecule has 0 aliphatic carbocycles. The third-order valence-electron chi connectivity index (χ3n) is 3.26. The van der Waals surface area contributed by atoms with E-state index in [2.05, 4.69) is 26.2 Å². The Labute approximate surface area is 130 Å². The van der Waals surface area contributed by atoms with Crippen LogP contribution in [0.2, 0.25) is 0 Å². The highest BCUT2D eigenvalue weighted by Crippen LogP contribution is 2.28. The Morgan fingerprint density at radius 3 is 2.76 bits per heavy atom. The van der Waals surface area contributed by atoms with Gasteiger partial charge in [-0.1, -0.05) is 15.9 Å². The standard InChI is InChI=1S/C15H12BrN3O2/c16-11-3-1-10(2-4-11)15(21)19-8-6-14(20)18-12-5-7-17-9-13(12)19/h1-5,7,9H,6,8H2,(H,18,20). The Hall–Kier alpha value is -2.21. The van der Waals surface area contributed by atoms with Crippen LogP contribution >= 0.6 is 15.9 Å². The Morgan fingerprint density at radius 2 is 2.00 bits per heavy atom. The molecule has 1 N–H and O–H groups in total. The van der Waals surface area contributed by atoms with Gasteiger partial charge < -0.3 is 10.2 Å². The first kappa shape index (κ1) is 13.8. The Balaban J connectivity index is 1.99. The van der Waals surface area contributed by atoms with Crippen molar-refractivity contribution in [2.75, 3.05) is 16.8 Å². The highest BCUT2D eigenvalue weighted by atomic mass is 79.9. The first-order valence-corrected chi connectivity index (χ1v) is 7.26. The van der Waals surface area contributed by atoms with Crippen molar-refractivity contribution in [3.63, 3.8) is 0 Å². The fraction of sp³-hybridized carbons (Fsp3) is 0.133. The molecule has 0 radical (unpaired) electrons. The van der Waals surface area contributed by atoms with Gasteiger partial charge in [-0.2, -0.15) is 0 Å². The zero-order chi connectivity index (χ0) is 14.8. The molecule has 0 unspecified atom stereocenters. The first-order valence-electron chi connectivity index (χ1n) is 6.46. The molecule has 106 valence electrons. The molecule has 5 nitrogen and oxygen atoms in total. The maximum Gasteiger partial charge on any atom is 0.258 e. The quantitative estimate of drug-likeness (QED) is 0.864. The van der Waals surface area contributed by atoms with Gasteiger partial charge in [-0.25, -0.2) is 0 Å². The van der Waals surface area contributed by atoms with E-state index >= 15 is 0 Å². The molecule has 0 saturated carbocycles. The van der Waals surface area contributed by atoms with Gasteiger partial charge in [-0.05, 0) is 30.3 Å². The maximum absolute atomic E-state index is 12.7. The van der Waals surface area contributed by atoms with Crippen LogP contribution in [0.4, 0.5) is 11.4 Å². The lowest BCUT2D eigenvalue weighted by atomic mass is 10.2. The molecule has 0 atom stereocenters. The van der Waals surface area contributed by atoms with E-state index in [1.54, 1.807) is 35.5 Å². The second-order valence-corrected chi connectivity index (χ2v) is 5.57. The van der Waals surface area contributed by atoms with Crippen molar-refractivity contribution >= 4 is 39.1 Å². The van der Waals surface area contributed by atoms with E-state index in [9.17, 15) is 9.59 Å². The summed E-state index contributed by atoms with van der Waals surface area (Å²) in [6.45, 7) is 0.333. The van der Waals surface area contributed by atoms with Crippen molar-refractivity contribution in [2.45, 2.75) is 6.42 Å². The van der Waals surface area contributed by atoms with Gasteiger partial charge in [0.25, 0.3) is 5.91 Å². The van der Waals surface area contributed by atoms with Gasteiger partial charge in [0.15, 0.2) is 0 Å². The lowest BCUT2D eigenvalue weighted by molar-refractivity contribution is -0.115. The molecule has 1 aromatic heterocycles. The number of anilines is 2. The molecule has 1 aliphatic heterocycles. The van der Waals surface area contributed by atoms with Crippen molar-refractivity contribution in [3.8, 4) is 0 Å². The summed E-state index contributed by atoms with van der Waals surface area (Å²) in [6, 6.07) is 8.84. The van der Waals surface area contributed by atoms with Gasteiger partial charge in [0, 0.05) is 29.2 Å². The third kappa shape index (κ3) is 2.80. The number of rotatable bonds is 1. The van der Waals surface area contributed by atoms with Crippen molar-refractivity contribution in [1.82, 2.24) is 4.98 Å². The Bertz CT molecular complexity index is 700. The summed E-state index contributed by atoms with van der Waals surface area (Å²) in [4.78, 5) is 30.0. The molecule has 2 amide bonds. The smallest absolute Gasteiger partial charge is 0.258 e. The van der Waals surface area contributed by atoms with Gasteiger partial charge >= 0.3 is 0 Å². The number of hydrogen-bond donors (Lipinski definition) is 1. The topological polar surface area (TPSA) is 62.3 Å². The van der Waals surface area contributed by atoms with E-state index in [1.807, 2.05) is 12.1 Å². The highest BCUT2D eigenvalue weighted by Gasteiger charge is 2.24. The van der Waals surface area contributed by atoms with Gasteiger partial charge in [0.05, 0.1) is 17.6 Å². The number of amides is 2. The van der Waals surface area contributed by atoms with Crippen molar-refractivity contribution < 1.29 is 9.59 Å². The largest absolute Gasteiger partial charge is 0.324 e. The molecule has 0 saturated heterocycles. The van der Waals surface area contributed by atoms with Crippen LogP contribution in [-0.2, 0) is 4.79 Å². The van der Waals surface area contributed by atoms with Crippen LogP contribution in [0.5, 0.6) is 0 Å². The zero-order valence-corrected chi connectivity index (χ0v) is 12.6. The van der Waals surface area contributed by atoms with Crippen LogP contribution in [0.25, 0.3) is 0 Å². The van der Waals surface area contributed by atoms with Gasteiger partial charge in [-0.15, -0.1) is 0 Å². The summed E-state index contributed by atoms with van der Waals surface area (Å²) in [6.07, 6.45) is 3.45. The first-order chi connectivity index (χ1) is 10.1. The summed E-state index contributed by atoms with van der Waals surface area (Å²) in [5, 5.41) is 2.79. The van der Waals surface area contributed by atoms with Gasteiger partial charge in [0.1, 0.15) is 0 Å². The van der Waals surface area contributed by atoms with Crippen molar-refractivity contribution in [2.24, 2.45) is 0 Å². The minimum Gasteiger partial charge on any atom is -0.324 e. The minimum atomic E-state index is -0.145. The molecule has 2 heterocycles. The molecular formula is C15H12BrN3O2. The number of aromatic nitrogens is 1. The number of nitrogens with zero attached hydrogens (tertiary/aromatic N) is 2. The van der Waals surface area contributed by atoms with Crippen LogP contribution in [0.3, 0.4) is 0 Å². The average molecular weight is 346 g/mol. The fourth-order valence-corrected chi connectivity index (χ4v) is 2.48. The number of carbonyl (C=O) groups excluding carboxylic acids is 2. The summed E-state index contributed by atoms with van der Waals surface area (Å²) < 4.78 is 0.911. The molecule has 6 heteroatoms. The maximum atomic E-state index is 12.7. The molecule has 1 aliphatic rings. The van der Waals surface area contributed by atoms with Crippen LogP contribution in [-0.4, -0.2) is 23.3 Å². The van der Waals surface area contributed by atoms with E-state index in [1.165, 1.54) is 0 Å². The van der Waals surface area contributed by atoms with Crippen LogP contribution in [0.1, 0.15) is 16.8 Å². The highest BCUT2D eigenvalue weighted by molar-refractivity contribution is 9.10. The lowest BCUT2D eigenvalue weighted by Crippen LogP contribution is -2.31. The van der Waals surface area contributed by atoms with E-state index in [0.717, 1.165) is 4.47 Å². The number of hydrogen-bond acceptors (Lipinski definition) is 3. The minimum absolute atomic E-state index is 0.103. The third-order valence-corrected chi connectivity index (χ3v) is 3.79. The molecule has 2 aromatic rings. The monoisotopic (exact) mass is 345 g/mol. The predicted molar refractivity (Wildman–Crippen MR) is 83.3 cm³/mol. The summed E-state index contributed by atoms with van der Waals surface area (Å²) in [5.41, 5.74) is 1.80. The molecule has 21 heavy (non-hydrogen) atoms. The van der Waals surface area contributed by atoms with Crippen LogP contribution in [0.15, 0.2) is 47.2 Å². The molecule has 0 spiro atoms. The zero-order valence-electron chi connectivity index (χ0n) is 11.0. The molecule has 3 rings (SSSR count). The average Bonchev–Trinajstić information content (AvgIpc) is 2.65. The Kier molecular flexibility index (Phi) is 3.70. The van der Waals surface area contributed by atoms with E-state index in [4.69, 9.17) is 0 Å². The fourth-order valence-electron chi connectivity index (χ4n) is 2.21. The second kappa shape index (κ2) is 5.65. The normalized spacial score (nSPS) is 14.1. The summed E-state index contributed by atoms with van der Waals surface area (Å²) >= 11 is 3.35. The van der Waals surface area contributed by atoms with E-state index < -0.39 is 0 Å². The van der Waals surface area contributed by atoms with E-state index in [-0.39, 0.29) is 18.2 Å². The van der Waals surface area contributed by atoms with Gasteiger partial charge in [-0.3, -0.25) is 14.6 Å². The lowest BCUT2D eigenvalue weighted by Gasteiger charge is -2.21. The number of carbonyl (C=O) groups is 2. The van der Waals surface area contributed by atoms with Gasteiger partial charge in [0.2, 0.25) is 5.91 Å². The summed E-state index contributed by atoms with van der Waals surface area (Å²) in [5.74, 6) is -0.248. The van der Waals surface area contributed by atoms with Crippen molar-refractivity contribution in [3.05, 3.63) is 52.8 Å². The molecular weight excluding hydrogens is 334 g/mol. The number of nitrogens with one attached hydrogen (secondary N) is 1. The molecule has 0 fully saturated rings. The second-order valence-electron chi connectivity index (χ2n) is 4.65. The number of benzene rings is 1. The molecule has 0 bridgehead atoms. The van der Waals surface area contributed by atoms with E-state index in [0.29, 0.717) is 23.5 Å². The molecule has 1 aromatic carbocycles. The predicted octanol–water partition coefficient (Wildman–Crippen LogP) is 2.83. The number of halogens is 1.